The molecule has 3 heteroatoms. The molecule has 1 aliphatic rings. The molecule has 1 aromatic carbocycles. The molecule has 1 aromatic rings. The number of carbonyl (C=O) groups excluding carboxylic acids is 1. The second kappa shape index (κ2) is 3.93. The average molecular weight is 205 g/mol. The van der Waals surface area contributed by atoms with E-state index in [2.05, 4.69) is 5.32 Å². The van der Waals surface area contributed by atoms with Gasteiger partial charge < -0.3 is 10.1 Å². The van der Waals surface area contributed by atoms with Gasteiger partial charge in [0.05, 0.1) is 0 Å². The minimum atomic E-state index is -0.357. The molecule has 0 fully saturated rings. The lowest BCUT2D eigenvalue weighted by Gasteiger charge is -2.13. The Bertz CT molecular complexity index is 349. The summed E-state index contributed by atoms with van der Waals surface area (Å²) in [6.45, 7) is 3.89. The fourth-order valence-corrected chi connectivity index (χ4v) is 1.71. The van der Waals surface area contributed by atoms with Gasteiger partial charge in [-0.25, -0.2) is 0 Å². The van der Waals surface area contributed by atoms with E-state index in [4.69, 9.17) is 4.74 Å². The second-order valence-electron chi connectivity index (χ2n) is 4.08. The van der Waals surface area contributed by atoms with Crippen molar-refractivity contribution >= 4 is 5.91 Å². The number of nitrogens with one attached hydrogen (secondary N) is 1. The third-order valence-corrected chi connectivity index (χ3v) is 2.37. The van der Waals surface area contributed by atoms with Gasteiger partial charge in [-0.05, 0) is 25.5 Å². The van der Waals surface area contributed by atoms with E-state index in [1.165, 1.54) is 0 Å². The minimum absolute atomic E-state index is 0.0267. The largest absolute Gasteiger partial charge is 0.480 e. The summed E-state index contributed by atoms with van der Waals surface area (Å²) >= 11 is 0. The predicted octanol–water partition coefficient (Wildman–Crippen LogP) is 1.51. The van der Waals surface area contributed by atoms with Gasteiger partial charge in [0, 0.05) is 12.5 Å². The maximum absolute atomic E-state index is 11.7. The number of hydrogen-bond donors (Lipinski definition) is 1. The Morgan fingerprint density at radius 1 is 1.47 bits per heavy atom. The van der Waals surface area contributed by atoms with Crippen LogP contribution in [0.25, 0.3) is 0 Å². The molecular weight excluding hydrogens is 190 g/mol. The number of benzene rings is 1. The Morgan fingerprint density at radius 3 is 2.87 bits per heavy atom. The van der Waals surface area contributed by atoms with E-state index >= 15 is 0 Å². The van der Waals surface area contributed by atoms with Crippen LogP contribution in [0, 0.1) is 0 Å². The van der Waals surface area contributed by atoms with Crippen molar-refractivity contribution in [1.29, 1.82) is 0 Å². The van der Waals surface area contributed by atoms with Gasteiger partial charge in [-0.2, -0.15) is 0 Å². The van der Waals surface area contributed by atoms with Gasteiger partial charge >= 0.3 is 0 Å². The summed E-state index contributed by atoms with van der Waals surface area (Å²) in [5, 5.41) is 2.86. The highest BCUT2D eigenvalue weighted by molar-refractivity contribution is 5.82. The van der Waals surface area contributed by atoms with Crippen molar-refractivity contribution in [3.05, 3.63) is 29.8 Å². The van der Waals surface area contributed by atoms with Crippen molar-refractivity contribution in [3.63, 3.8) is 0 Å². The van der Waals surface area contributed by atoms with Crippen molar-refractivity contribution in [2.45, 2.75) is 32.4 Å². The van der Waals surface area contributed by atoms with Crippen LogP contribution in [0.5, 0.6) is 5.75 Å². The van der Waals surface area contributed by atoms with Gasteiger partial charge in [0.15, 0.2) is 6.10 Å². The molecule has 1 N–H and O–H groups in total. The summed E-state index contributed by atoms with van der Waals surface area (Å²) in [7, 11) is 0. The van der Waals surface area contributed by atoms with Gasteiger partial charge in [0.1, 0.15) is 5.75 Å². The molecule has 1 atom stereocenters. The third-order valence-electron chi connectivity index (χ3n) is 2.37. The molecular formula is C12H15NO2. The maximum atomic E-state index is 11.7. The first-order chi connectivity index (χ1) is 7.16. The summed E-state index contributed by atoms with van der Waals surface area (Å²) < 4.78 is 5.56. The standard InChI is InChI=1S/C12H15NO2/c1-8(2)13-12(14)11-7-9-5-3-4-6-10(9)15-11/h3-6,8,11H,7H2,1-2H3,(H,13,14)/t11-/m0/s1. The lowest BCUT2D eigenvalue weighted by Crippen LogP contribution is -2.40. The molecule has 0 unspecified atom stereocenters. The molecule has 3 nitrogen and oxygen atoms in total. The molecule has 0 aliphatic carbocycles. The second-order valence-corrected chi connectivity index (χ2v) is 4.08. The number of hydrogen-bond acceptors (Lipinski definition) is 2. The molecule has 0 radical (unpaired) electrons. The number of para-hydroxylation sites is 1. The smallest absolute Gasteiger partial charge is 0.261 e. The van der Waals surface area contributed by atoms with Crippen LogP contribution in [-0.4, -0.2) is 18.1 Å². The van der Waals surface area contributed by atoms with Gasteiger partial charge in [-0.1, -0.05) is 18.2 Å². The quantitative estimate of drug-likeness (QED) is 0.794. The Balaban J connectivity index is 2.04. The van der Waals surface area contributed by atoms with E-state index in [0.717, 1.165) is 11.3 Å². The highest BCUT2D eigenvalue weighted by atomic mass is 16.5. The zero-order valence-electron chi connectivity index (χ0n) is 8.99. The van der Waals surface area contributed by atoms with Crippen LogP contribution in [0.4, 0.5) is 0 Å². The van der Waals surface area contributed by atoms with Crippen molar-refractivity contribution in [1.82, 2.24) is 5.32 Å². The molecule has 0 saturated carbocycles. The van der Waals surface area contributed by atoms with Crippen LogP contribution in [0.1, 0.15) is 19.4 Å². The summed E-state index contributed by atoms with van der Waals surface area (Å²) in [6.07, 6.45) is 0.319. The Kier molecular flexibility index (Phi) is 2.62. The van der Waals surface area contributed by atoms with Gasteiger partial charge in [0.2, 0.25) is 0 Å². The number of fused-ring (bicyclic) bond motifs is 1. The van der Waals surface area contributed by atoms with Crippen LogP contribution in [0.15, 0.2) is 24.3 Å². The van der Waals surface area contributed by atoms with Gasteiger partial charge in [0.25, 0.3) is 5.91 Å². The van der Waals surface area contributed by atoms with Crippen LogP contribution in [0.3, 0.4) is 0 Å². The van der Waals surface area contributed by atoms with E-state index in [1.807, 2.05) is 38.1 Å². The van der Waals surface area contributed by atoms with E-state index in [1.54, 1.807) is 0 Å². The Hall–Kier alpha value is -1.51. The van der Waals surface area contributed by atoms with Crippen LogP contribution in [-0.2, 0) is 11.2 Å². The number of rotatable bonds is 2. The molecule has 2 rings (SSSR count). The highest BCUT2D eigenvalue weighted by Crippen LogP contribution is 2.28. The summed E-state index contributed by atoms with van der Waals surface area (Å²) in [4.78, 5) is 11.7. The number of amides is 1. The summed E-state index contributed by atoms with van der Waals surface area (Å²) in [5.41, 5.74) is 1.11. The predicted molar refractivity (Wildman–Crippen MR) is 57.8 cm³/mol. The lowest BCUT2D eigenvalue weighted by atomic mass is 10.1. The van der Waals surface area contributed by atoms with Gasteiger partial charge in [-0.3, -0.25) is 4.79 Å². The number of carbonyl (C=O) groups is 1. The first-order valence-corrected chi connectivity index (χ1v) is 5.22. The van der Waals surface area contributed by atoms with Crippen molar-refractivity contribution in [3.8, 4) is 5.75 Å². The minimum Gasteiger partial charge on any atom is -0.480 e. The van der Waals surface area contributed by atoms with E-state index in [0.29, 0.717) is 6.42 Å². The Morgan fingerprint density at radius 2 is 2.20 bits per heavy atom. The molecule has 0 saturated heterocycles. The molecule has 1 aliphatic heterocycles. The van der Waals surface area contributed by atoms with Crippen molar-refractivity contribution in [2.24, 2.45) is 0 Å². The zero-order valence-corrected chi connectivity index (χ0v) is 8.99. The maximum Gasteiger partial charge on any atom is 0.261 e. The molecule has 0 aromatic heterocycles. The molecule has 1 heterocycles. The van der Waals surface area contributed by atoms with Gasteiger partial charge in [-0.15, -0.1) is 0 Å². The topological polar surface area (TPSA) is 38.3 Å². The van der Waals surface area contributed by atoms with E-state index in [9.17, 15) is 4.79 Å². The van der Waals surface area contributed by atoms with E-state index < -0.39 is 0 Å². The summed E-state index contributed by atoms with van der Waals surface area (Å²) in [6, 6.07) is 7.94. The monoisotopic (exact) mass is 205 g/mol. The van der Waals surface area contributed by atoms with Crippen molar-refractivity contribution < 1.29 is 9.53 Å². The normalized spacial score (nSPS) is 18.5. The molecule has 0 bridgehead atoms. The van der Waals surface area contributed by atoms with Crippen LogP contribution in [0.2, 0.25) is 0 Å². The fourth-order valence-electron chi connectivity index (χ4n) is 1.71. The highest BCUT2D eigenvalue weighted by Gasteiger charge is 2.28. The first kappa shape index (κ1) is 10.0. The van der Waals surface area contributed by atoms with E-state index in [-0.39, 0.29) is 18.1 Å². The molecule has 0 spiro atoms. The average Bonchev–Trinajstić information content (AvgIpc) is 2.59. The first-order valence-electron chi connectivity index (χ1n) is 5.22. The fraction of sp³-hybridized carbons (Fsp3) is 0.417. The number of ether oxygens (including phenoxy) is 1. The molecule has 80 valence electrons. The zero-order chi connectivity index (χ0) is 10.8. The molecule has 1 amide bonds. The lowest BCUT2D eigenvalue weighted by molar-refractivity contribution is -0.127. The van der Waals surface area contributed by atoms with Crippen LogP contribution >= 0.6 is 0 Å². The summed E-state index contributed by atoms with van der Waals surface area (Å²) in [5.74, 6) is 0.808. The van der Waals surface area contributed by atoms with Crippen molar-refractivity contribution in [2.75, 3.05) is 0 Å². The Labute approximate surface area is 89.4 Å². The third kappa shape index (κ3) is 2.12. The molecule has 15 heavy (non-hydrogen) atoms. The SMILES string of the molecule is CC(C)NC(=O)[C@@H]1Cc2ccccc2O1. The van der Waals surface area contributed by atoms with Crippen LogP contribution < -0.4 is 10.1 Å².